The summed E-state index contributed by atoms with van der Waals surface area (Å²) in [5, 5.41) is 0. The molecule has 0 unspecified atom stereocenters. The fourth-order valence-electron chi connectivity index (χ4n) is 1.37. The van der Waals surface area contributed by atoms with Crippen LogP contribution in [0, 0.1) is 0 Å². The van der Waals surface area contributed by atoms with Gasteiger partial charge in [-0.3, -0.25) is 0 Å². The molecular weight excluding hydrogens is 234 g/mol. The third kappa shape index (κ3) is 3.18. The summed E-state index contributed by atoms with van der Waals surface area (Å²) in [4.78, 5) is 15.5. The highest BCUT2D eigenvalue weighted by Gasteiger charge is 2.02. The van der Waals surface area contributed by atoms with Crippen molar-refractivity contribution in [3.63, 3.8) is 0 Å². The summed E-state index contributed by atoms with van der Waals surface area (Å²) >= 11 is 0. The first kappa shape index (κ1) is 12.3. The molecule has 0 aliphatic heterocycles. The van der Waals surface area contributed by atoms with Crippen LogP contribution in [0.4, 0.5) is 0 Å². The van der Waals surface area contributed by atoms with Crippen LogP contribution in [0.1, 0.15) is 5.89 Å². The van der Waals surface area contributed by atoms with Gasteiger partial charge in [0.1, 0.15) is 12.1 Å². The molecule has 5 heteroatoms. The third-order valence-electron chi connectivity index (χ3n) is 2.20. The van der Waals surface area contributed by atoms with Crippen LogP contribution in [0.2, 0.25) is 0 Å². The summed E-state index contributed by atoms with van der Waals surface area (Å²) in [6.07, 6.45) is 2.76. The van der Waals surface area contributed by atoms with Gasteiger partial charge in [0.05, 0.1) is 6.61 Å². The second-order valence-electron chi connectivity index (χ2n) is 3.51. The van der Waals surface area contributed by atoms with E-state index in [0.717, 1.165) is 5.52 Å². The van der Waals surface area contributed by atoms with Crippen molar-refractivity contribution in [3.8, 4) is 0 Å². The molecule has 1 aromatic carbocycles. The minimum absolute atomic E-state index is 0.229. The van der Waals surface area contributed by atoms with Gasteiger partial charge in [0.25, 0.3) is 0 Å². The lowest BCUT2D eigenvalue weighted by Gasteiger charge is -1.98. The quantitative estimate of drug-likeness (QED) is 0.459. The molecule has 0 amide bonds. The Bertz CT molecular complexity index is 526. The minimum Gasteiger partial charge on any atom is -0.460 e. The zero-order valence-electron chi connectivity index (χ0n) is 9.96. The van der Waals surface area contributed by atoms with Crippen LogP contribution in [0.25, 0.3) is 17.2 Å². The standard InChI is InChI=1S/C13H13NO4/c1-16-8-9-17-13(15)7-6-12-14-10-4-2-3-5-11(10)18-12/h2-7H,8-9H2,1H3. The average molecular weight is 247 g/mol. The highest BCUT2D eigenvalue weighted by Crippen LogP contribution is 2.15. The van der Waals surface area contributed by atoms with Crippen LogP contribution in [0.5, 0.6) is 0 Å². The van der Waals surface area contributed by atoms with Gasteiger partial charge in [-0.2, -0.15) is 0 Å². The van der Waals surface area contributed by atoms with E-state index in [1.807, 2.05) is 24.3 Å². The summed E-state index contributed by atoms with van der Waals surface area (Å²) < 4.78 is 15.0. The lowest BCUT2D eigenvalue weighted by atomic mass is 10.3. The van der Waals surface area contributed by atoms with Crippen molar-refractivity contribution in [2.75, 3.05) is 20.3 Å². The number of ether oxygens (including phenoxy) is 2. The van der Waals surface area contributed by atoms with E-state index in [1.165, 1.54) is 12.2 Å². The highest BCUT2D eigenvalue weighted by molar-refractivity contribution is 5.86. The molecule has 0 radical (unpaired) electrons. The molecule has 0 fully saturated rings. The van der Waals surface area contributed by atoms with Crippen LogP contribution in [-0.4, -0.2) is 31.3 Å². The number of hydrogen-bond donors (Lipinski definition) is 0. The maximum Gasteiger partial charge on any atom is 0.331 e. The van der Waals surface area contributed by atoms with Crippen LogP contribution in [0.3, 0.4) is 0 Å². The molecule has 18 heavy (non-hydrogen) atoms. The second kappa shape index (κ2) is 5.97. The lowest BCUT2D eigenvalue weighted by Crippen LogP contribution is -2.06. The Balaban J connectivity index is 1.98. The number of carbonyl (C=O) groups is 1. The van der Waals surface area contributed by atoms with E-state index in [4.69, 9.17) is 13.9 Å². The second-order valence-corrected chi connectivity index (χ2v) is 3.51. The number of hydrogen-bond acceptors (Lipinski definition) is 5. The Morgan fingerprint density at radius 3 is 3.00 bits per heavy atom. The third-order valence-corrected chi connectivity index (χ3v) is 2.20. The van der Waals surface area contributed by atoms with Crippen LogP contribution < -0.4 is 0 Å². The number of esters is 1. The Hall–Kier alpha value is -2.14. The van der Waals surface area contributed by atoms with E-state index in [1.54, 1.807) is 7.11 Å². The maximum absolute atomic E-state index is 11.3. The summed E-state index contributed by atoms with van der Waals surface area (Å²) in [7, 11) is 1.54. The van der Waals surface area contributed by atoms with Gasteiger partial charge in [0, 0.05) is 19.3 Å². The number of methoxy groups -OCH3 is 1. The topological polar surface area (TPSA) is 61.6 Å². The molecule has 0 atom stereocenters. The molecule has 0 saturated heterocycles. The smallest absolute Gasteiger partial charge is 0.331 e. The van der Waals surface area contributed by atoms with Crippen molar-refractivity contribution in [1.82, 2.24) is 4.98 Å². The molecule has 1 heterocycles. The highest BCUT2D eigenvalue weighted by atomic mass is 16.6. The molecule has 2 rings (SSSR count). The minimum atomic E-state index is -0.450. The molecule has 94 valence electrons. The van der Waals surface area contributed by atoms with E-state index < -0.39 is 5.97 Å². The normalized spacial score (nSPS) is 11.2. The molecule has 1 aromatic heterocycles. The van der Waals surface area contributed by atoms with Crippen LogP contribution >= 0.6 is 0 Å². The molecule has 0 bridgehead atoms. The fourth-order valence-corrected chi connectivity index (χ4v) is 1.37. The van der Waals surface area contributed by atoms with Gasteiger partial charge in [0.2, 0.25) is 5.89 Å². The van der Waals surface area contributed by atoms with Crippen LogP contribution in [-0.2, 0) is 14.3 Å². The Kier molecular flexibility index (Phi) is 4.09. The Labute approximate surface area is 104 Å². The van der Waals surface area contributed by atoms with E-state index in [-0.39, 0.29) is 6.61 Å². The largest absolute Gasteiger partial charge is 0.460 e. The molecule has 2 aromatic rings. The zero-order valence-corrected chi connectivity index (χ0v) is 9.96. The van der Waals surface area contributed by atoms with Crippen molar-refractivity contribution < 1.29 is 18.7 Å². The number of carbonyl (C=O) groups excluding carboxylic acids is 1. The predicted octanol–water partition coefficient (Wildman–Crippen LogP) is 2.03. The SMILES string of the molecule is COCCOC(=O)C=Cc1nc2ccccc2o1. The number of benzene rings is 1. The molecule has 0 N–H and O–H groups in total. The maximum atomic E-state index is 11.3. The summed E-state index contributed by atoms with van der Waals surface area (Å²) in [5.74, 6) is -0.0748. The number of oxazole rings is 1. The fraction of sp³-hybridized carbons (Fsp3) is 0.231. The molecule has 0 aliphatic rings. The van der Waals surface area contributed by atoms with Crippen molar-refractivity contribution in [2.24, 2.45) is 0 Å². The van der Waals surface area contributed by atoms with Gasteiger partial charge in [-0.25, -0.2) is 9.78 Å². The monoisotopic (exact) mass is 247 g/mol. The van der Waals surface area contributed by atoms with Gasteiger partial charge in [-0.15, -0.1) is 0 Å². The predicted molar refractivity (Wildman–Crippen MR) is 65.9 cm³/mol. The summed E-state index contributed by atoms with van der Waals surface area (Å²) in [6.45, 7) is 0.607. The molecule has 5 nitrogen and oxygen atoms in total. The van der Waals surface area contributed by atoms with Crippen molar-refractivity contribution in [1.29, 1.82) is 0 Å². The van der Waals surface area contributed by atoms with E-state index in [9.17, 15) is 4.79 Å². The van der Waals surface area contributed by atoms with E-state index >= 15 is 0 Å². The number of nitrogens with zero attached hydrogens (tertiary/aromatic N) is 1. The summed E-state index contributed by atoms with van der Waals surface area (Å²) in [6, 6.07) is 7.39. The molecular formula is C13H13NO4. The van der Waals surface area contributed by atoms with Gasteiger partial charge in [0.15, 0.2) is 5.58 Å². The van der Waals surface area contributed by atoms with E-state index in [0.29, 0.717) is 18.1 Å². The number of aromatic nitrogens is 1. The lowest BCUT2D eigenvalue weighted by molar-refractivity contribution is -0.138. The number of para-hydroxylation sites is 2. The first-order valence-corrected chi connectivity index (χ1v) is 5.49. The van der Waals surface area contributed by atoms with Crippen molar-refractivity contribution >= 4 is 23.1 Å². The zero-order chi connectivity index (χ0) is 12.8. The average Bonchev–Trinajstić information content (AvgIpc) is 2.79. The van der Waals surface area contributed by atoms with Gasteiger partial charge in [-0.05, 0) is 12.1 Å². The first-order valence-electron chi connectivity index (χ1n) is 5.49. The van der Waals surface area contributed by atoms with E-state index in [2.05, 4.69) is 4.98 Å². The Morgan fingerprint density at radius 2 is 2.22 bits per heavy atom. The van der Waals surface area contributed by atoms with Gasteiger partial charge >= 0.3 is 5.97 Å². The molecule has 0 spiro atoms. The van der Waals surface area contributed by atoms with Crippen LogP contribution in [0.15, 0.2) is 34.8 Å². The van der Waals surface area contributed by atoms with Crippen molar-refractivity contribution in [2.45, 2.75) is 0 Å². The van der Waals surface area contributed by atoms with Crippen molar-refractivity contribution in [3.05, 3.63) is 36.2 Å². The number of rotatable bonds is 5. The van der Waals surface area contributed by atoms with Gasteiger partial charge in [-0.1, -0.05) is 12.1 Å². The molecule has 0 aliphatic carbocycles. The van der Waals surface area contributed by atoms with Gasteiger partial charge < -0.3 is 13.9 Å². The number of fused-ring (bicyclic) bond motifs is 1. The Morgan fingerprint density at radius 1 is 1.39 bits per heavy atom. The molecule has 0 saturated carbocycles. The summed E-state index contributed by atoms with van der Waals surface area (Å²) in [5.41, 5.74) is 1.44. The first-order chi connectivity index (χ1) is 8.79.